The van der Waals surface area contributed by atoms with Crippen LogP contribution < -0.4 is 10.3 Å². The molecule has 0 radical (unpaired) electrons. The van der Waals surface area contributed by atoms with E-state index in [2.05, 4.69) is 4.98 Å². The average molecular weight is 342 g/mol. The predicted octanol–water partition coefficient (Wildman–Crippen LogP) is 2.59. The SMILES string of the molecule is Cc1cccc(C)c1OC[C@H](O)Cn1cnc2cc(F)ccc2c1=O. The first-order chi connectivity index (χ1) is 12.0. The summed E-state index contributed by atoms with van der Waals surface area (Å²) < 4.78 is 20.2. The highest BCUT2D eigenvalue weighted by Crippen LogP contribution is 2.22. The average Bonchev–Trinajstić information content (AvgIpc) is 2.57. The summed E-state index contributed by atoms with van der Waals surface area (Å²) in [6.07, 6.45) is 0.434. The van der Waals surface area contributed by atoms with Crippen molar-refractivity contribution in [3.8, 4) is 5.75 Å². The van der Waals surface area contributed by atoms with E-state index in [-0.39, 0.29) is 18.7 Å². The van der Waals surface area contributed by atoms with Gasteiger partial charge in [0.1, 0.15) is 24.3 Å². The summed E-state index contributed by atoms with van der Waals surface area (Å²) in [5.74, 6) is 0.292. The fraction of sp³-hybridized carbons (Fsp3) is 0.263. The molecule has 3 rings (SSSR count). The smallest absolute Gasteiger partial charge is 0.261 e. The lowest BCUT2D eigenvalue weighted by molar-refractivity contribution is 0.0908. The van der Waals surface area contributed by atoms with E-state index >= 15 is 0 Å². The van der Waals surface area contributed by atoms with Gasteiger partial charge in [-0.25, -0.2) is 9.37 Å². The van der Waals surface area contributed by atoms with Crippen molar-refractivity contribution in [2.24, 2.45) is 0 Å². The second-order valence-electron chi connectivity index (χ2n) is 6.05. The van der Waals surface area contributed by atoms with Crippen LogP contribution in [0, 0.1) is 19.7 Å². The number of fused-ring (bicyclic) bond motifs is 1. The zero-order chi connectivity index (χ0) is 18.0. The number of aliphatic hydroxyl groups excluding tert-OH is 1. The van der Waals surface area contributed by atoms with Gasteiger partial charge in [0.2, 0.25) is 0 Å². The Hall–Kier alpha value is -2.73. The van der Waals surface area contributed by atoms with Gasteiger partial charge in [-0.3, -0.25) is 9.36 Å². The van der Waals surface area contributed by atoms with Crippen molar-refractivity contribution in [3.63, 3.8) is 0 Å². The molecule has 0 saturated heterocycles. The third-order valence-electron chi connectivity index (χ3n) is 4.02. The fourth-order valence-electron chi connectivity index (χ4n) is 2.75. The quantitative estimate of drug-likeness (QED) is 0.774. The van der Waals surface area contributed by atoms with Crippen LogP contribution in [0.15, 0.2) is 47.5 Å². The number of aromatic nitrogens is 2. The van der Waals surface area contributed by atoms with Crippen LogP contribution in [0.4, 0.5) is 4.39 Å². The molecule has 0 aliphatic carbocycles. The lowest BCUT2D eigenvalue weighted by Gasteiger charge is -2.16. The Kier molecular flexibility index (Phi) is 4.81. The Morgan fingerprint density at radius 3 is 2.68 bits per heavy atom. The Morgan fingerprint density at radius 2 is 1.96 bits per heavy atom. The monoisotopic (exact) mass is 342 g/mol. The molecule has 1 N–H and O–H groups in total. The van der Waals surface area contributed by atoms with Crippen LogP contribution in [0.1, 0.15) is 11.1 Å². The number of aliphatic hydroxyl groups is 1. The second kappa shape index (κ2) is 7.03. The number of ether oxygens (including phenoxy) is 1. The van der Waals surface area contributed by atoms with Gasteiger partial charge in [-0.1, -0.05) is 18.2 Å². The van der Waals surface area contributed by atoms with Crippen LogP contribution >= 0.6 is 0 Å². The predicted molar refractivity (Wildman–Crippen MR) is 93.4 cm³/mol. The Labute approximate surface area is 144 Å². The highest BCUT2D eigenvalue weighted by molar-refractivity contribution is 5.77. The van der Waals surface area contributed by atoms with E-state index in [1.165, 1.54) is 29.1 Å². The summed E-state index contributed by atoms with van der Waals surface area (Å²) in [5, 5.41) is 10.5. The minimum absolute atomic E-state index is 0.0457. The minimum atomic E-state index is -0.878. The van der Waals surface area contributed by atoms with E-state index in [1.54, 1.807) is 0 Å². The molecule has 0 aliphatic heterocycles. The van der Waals surface area contributed by atoms with Crippen LogP contribution in [0.5, 0.6) is 5.75 Å². The van der Waals surface area contributed by atoms with Crippen molar-refractivity contribution >= 4 is 10.9 Å². The van der Waals surface area contributed by atoms with Crippen molar-refractivity contribution in [2.45, 2.75) is 26.5 Å². The van der Waals surface area contributed by atoms with Gasteiger partial charge in [-0.15, -0.1) is 0 Å². The number of benzene rings is 2. The Bertz CT molecular complexity index is 948. The highest BCUT2D eigenvalue weighted by Gasteiger charge is 2.12. The van der Waals surface area contributed by atoms with Gasteiger partial charge in [-0.05, 0) is 37.1 Å². The Balaban J connectivity index is 1.74. The van der Waals surface area contributed by atoms with Crippen molar-refractivity contribution in [3.05, 3.63) is 70.0 Å². The molecule has 0 bridgehead atoms. The zero-order valence-electron chi connectivity index (χ0n) is 14.1. The first kappa shape index (κ1) is 17.1. The molecular weight excluding hydrogens is 323 g/mol. The molecule has 25 heavy (non-hydrogen) atoms. The molecule has 1 atom stereocenters. The third-order valence-corrected chi connectivity index (χ3v) is 4.02. The molecule has 130 valence electrons. The van der Waals surface area contributed by atoms with Crippen LogP contribution in [0.25, 0.3) is 10.9 Å². The van der Waals surface area contributed by atoms with Crippen LogP contribution in [0.2, 0.25) is 0 Å². The standard InChI is InChI=1S/C19H19FN2O3/c1-12-4-3-5-13(2)18(12)25-10-15(23)9-22-11-21-17-8-14(20)6-7-16(17)19(22)24/h3-8,11,15,23H,9-10H2,1-2H3/t15-/m1/s1. The molecule has 0 saturated carbocycles. The maximum atomic E-state index is 13.2. The molecule has 0 aliphatic rings. The molecule has 0 unspecified atom stereocenters. The second-order valence-corrected chi connectivity index (χ2v) is 6.05. The van der Waals surface area contributed by atoms with Crippen LogP contribution in [-0.2, 0) is 6.54 Å². The topological polar surface area (TPSA) is 64.3 Å². The first-order valence-electron chi connectivity index (χ1n) is 7.97. The van der Waals surface area contributed by atoms with Crippen molar-refractivity contribution < 1.29 is 14.2 Å². The molecule has 1 heterocycles. The lowest BCUT2D eigenvalue weighted by Crippen LogP contribution is -2.30. The molecule has 5 nitrogen and oxygen atoms in total. The number of hydrogen-bond donors (Lipinski definition) is 1. The minimum Gasteiger partial charge on any atom is -0.490 e. The summed E-state index contributed by atoms with van der Waals surface area (Å²) in [6, 6.07) is 9.64. The summed E-state index contributed by atoms with van der Waals surface area (Å²) in [5.41, 5.74) is 1.94. The van der Waals surface area contributed by atoms with Crippen LogP contribution in [0.3, 0.4) is 0 Å². The fourth-order valence-corrected chi connectivity index (χ4v) is 2.75. The number of halogens is 1. The number of aryl methyl sites for hydroxylation is 2. The first-order valence-corrected chi connectivity index (χ1v) is 7.97. The Morgan fingerprint density at radius 1 is 1.24 bits per heavy atom. The lowest BCUT2D eigenvalue weighted by atomic mass is 10.1. The number of nitrogens with zero attached hydrogens (tertiary/aromatic N) is 2. The van der Waals surface area contributed by atoms with Gasteiger partial charge in [0.25, 0.3) is 5.56 Å². The molecule has 0 amide bonds. The molecule has 0 spiro atoms. The van der Waals surface area contributed by atoms with E-state index in [1.807, 2.05) is 32.0 Å². The summed E-state index contributed by atoms with van der Waals surface area (Å²) in [4.78, 5) is 16.5. The number of hydrogen-bond acceptors (Lipinski definition) is 4. The van der Waals surface area contributed by atoms with E-state index in [0.717, 1.165) is 16.9 Å². The molecule has 1 aromatic heterocycles. The molecule has 6 heteroatoms. The van der Waals surface area contributed by atoms with Gasteiger partial charge in [-0.2, -0.15) is 0 Å². The molecule has 0 fully saturated rings. The van der Waals surface area contributed by atoms with Gasteiger partial charge in [0.05, 0.1) is 23.8 Å². The largest absolute Gasteiger partial charge is 0.490 e. The molecule has 2 aromatic carbocycles. The van der Waals surface area contributed by atoms with Gasteiger partial charge >= 0.3 is 0 Å². The number of rotatable bonds is 5. The molecule has 3 aromatic rings. The summed E-state index contributed by atoms with van der Waals surface area (Å²) in [7, 11) is 0. The van der Waals surface area contributed by atoms with E-state index < -0.39 is 11.9 Å². The van der Waals surface area contributed by atoms with Crippen LogP contribution in [-0.4, -0.2) is 27.4 Å². The van der Waals surface area contributed by atoms with E-state index in [0.29, 0.717) is 10.9 Å². The number of para-hydroxylation sites is 1. The zero-order valence-corrected chi connectivity index (χ0v) is 14.1. The van der Waals surface area contributed by atoms with Crippen molar-refractivity contribution in [1.82, 2.24) is 9.55 Å². The maximum absolute atomic E-state index is 13.2. The maximum Gasteiger partial charge on any atom is 0.261 e. The summed E-state index contributed by atoms with van der Waals surface area (Å²) >= 11 is 0. The third kappa shape index (κ3) is 3.69. The van der Waals surface area contributed by atoms with Gasteiger partial charge in [0, 0.05) is 6.07 Å². The van der Waals surface area contributed by atoms with E-state index in [9.17, 15) is 14.3 Å². The van der Waals surface area contributed by atoms with Crippen molar-refractivity contribution in [2.75, 3.05) is 6.61 Å². The molecular formula is C19H19FN2O3. The summed E-state index contributed by atoms with van der Waals surface area (Å²) in [6.45, 7) is 3.97. The van der Waals surface area contributed by atoms with Crippen molar-refractivity contribution in [1.29, 1.82) is 0 Å². The normalized spacial score (nSPS) is 12.3. The highest BCUT2D eigenvalue weighted by atomic mass is 19.1. The van der Waals surface area contributed by atoms with Gasteiger partial charge in [0.15, 0.2) is 0 Å². The van der Waals surface area contributed by atoms with E-state index in [4.69, 9.17) is 4.74 Å². The van der Waals surface area contributed by atoms with Gasteiger partial charge < -0.3 is 9.84 Å².